The molecule has 1 aliphatic carbocycles. The summed E-state index contributed by atoms with van der Waals surface area (Å²) >= 11 is 0. The Balaban J connectivity index is 0.00000156. The Morgan fingerprint density at radius 3 is 2.00 bits per heavy atom. The molecule has 3 fully saturated rings. The average molecular weight is 382 g/mol. The lowest BCUT2D eigenvalue weighted by molar-refractivity contribution is -0.195. The molecule has 4 heteroatoms. The van der Waals surface area contributed by atoms with Crippen molar-refractivity contribution >= 4 is 17.0 Å². The van der Waals surface area contributed by atoms with Gasteiger partial charge in [-0.2, -0.15) is 0 Å². The molecule has 128 valence electrons. The number of hydrogen-bond donors (Lipinski definition) is 0. The first-order valence-corrected chi connectivity index (χ1v) is 8.92. The Morgan fingerprint density at radius 1 is 0.783 bits per heavy atom. The molecule has 3 aliphatic rings. The van der Waals surface area contributed by atoms with Crippen LogP contribution in [0.3, 0.4) is 0 Å². The smallest absolute Gasteiger partial charge is 0.170 e. The lowest BCUT2D eigenvalue weighted by Crippen LogP contribution is -2.54. The summed E-state index contributed by atoms with van der Waals surface area (Å²) < 4.78 is 11.8. The van der Waals surface area contributed by atoms with E-state index in [1.165, 1.54) is 37.7 Å². The summed E-state index contributed by atoms with van der Waals surface area (Å²) in [7, 11) is 0. The molecule has 2 aliphatic heterocycles. The van der Waals surface area contributed by atoms with E-state index < -0.39 is 0 Å². The number of hydrogen-bond acceptors (Lipinski definition) is 3. The minimum Gasteiger partial charge on any atom is -0.347 e. The minimum absolute atomic E-state index is 0. The van der Waals surface area contributed by atoms with Crippen LogP contribution in [0.25, 0.3) is 0 Å². The van der Waals surface area contributed by atoms with Gasteiger partial charge >= 0.3 is 0 Å². The van der Waals surface area contributed by atoms with E-state index in [1.54, 1.807) is 0 Å². The highest BCUT2D eigenvalue weighted by Crippen LogP contribution is 2.45. The van der Waals surface area contributed by atoms with Gasteiger partial charge in [0, 0.05) is 31.5 Å². The summed E-state index contributed by atoms with van der Waals surface area (Å²) in [6, 6.07) is 11.2. The van der Waals surface area contributed by atoms with Gasteiger partial charge in [0.2, 0.25) is 0 Å². The molecule has 1 aromatic carbocycles. The van der Waals surface area contributed by atoms with Gasteiger partial charge in [-0.1, -0.05) is 49.6 Å². The quantitative estimate of drug-likeness (QED) is 0.763. The second-order valence-electron chi connectivity index (χ2n) is 7.05. The number of piperidine rings is 1. The number of nitrogens with zero attached hydrogens (tertiary/aromatic N) is 1. The molecule has 3 nitrogen and oxygen atoms in total. The number of ether oxygens (including phenoxy) is 2. The van der Waals surface area contributed by atoms with Crippen molar-refractivity contribution in [2.45, 2.75) is 56.3 Å². The van der Waals surface area contributed by atoms with Crippen LogP contribution in [0.4, 0.5) is 0 Å². The molecule has 0 atom stereocenters. The Hall–Kier alpha value is -0.420. The highest BCUT2D eigenvalue weighted by atomic mass is 79.9. The molecule has 0 radical (unpaired) electrons. The van der Waals surface area contributed by atoms with E-state index in [0.29, 0.717) is 0 Å². The minimum atomic E-state index is -0.261. The molecule has 1 aromatic rings. The van der Waals surface area contributed by atoms with Gasteiger partial charge in [-0.15, -0.1) is 17.0 Å². The lowest BCUT2D eigenvalue weighted by atomic mass is 9.74. The van der Waals surface area contributed by atoms with Gasteiger partial charge in [-0.3, -0.25) is 4.90 Å². The molecule has 2 heterocycles. The standard InChI is InChI=1S/C19H27NO2.BrH/c1-3-7-17(8-4-1)18(9-5-2-6-10-18)20-13-11-19(12-14-20)21-15-16-22-19;/h1,3-4,7-8H,2,5-6,9-16H2;1H. The van der Waals surface area contributed by atoms with E-state index in [-0.39, 0.29) is 28.3 Å². The van der Waals surface area contributed by atoms with Crippen LogP contribution in [0, 0.1) is 0 Å². The zero-order valence-corrected chi connectivity index (χ0v) is 15.5. The molecule has 1 saturated carbocycles. The summed E-state index contributed by atoms with van der Waals surface area (Å²) in [5.74, 6) is -0.261. The van der Waals surface area contributed by atoms with Gasteiger partial charge in [-0.25, -0.2) is 0 Å². The Labute approximate surface area is 150 Å². The monoisotopic (exact) mass is 381 g/mol. The first-order valence-electron chi connectivity index (χ1n) is 8.92. The van der Waals surface area contributed by atoms with E-state index in [4.69, 9.17) is 9.47 Å². The van der Waals surface area contributed by atoms with Gasteiger partial charge < -0.3 is 9.47 Å². The summed E-state index contributed by atoms with van der Waals surface area (Å²) in [4.78, 5) is 2.73. The Kier molecular flexibility index (Phi) is 5.46. The fourth-order valence-corrected chi connectivity index (χ4v) is 4.73. The van der Waals surface area contributed by atoms with Gasteiger partial charge in [0.25, 0.3) is 0 Å². The molecule has 2 saturated heterocycles. The molecule has 0 unspecified atom stereocenters. The van der Waals surface area contributed by atoms with Crippen molar-refractivity contribution in [3.63, 3.8) is 0 Å². The Bertz CT molecular complexity index is 485. The van der Waals surface area contributed by atoms with Crippen LogP contribution < -0.4 is 0 Å². The highest BCUT2D eigenvalue weighted by molar-refractivity contribution is 8.93. The van der Waals surface area contributed by atoms with Gasteiger partial charge in [0.1, 0.15) is 0 Å². The maximum Gasteiger partial charge on any atom is 0.170 e. The summed E-state index contributed by atoms with van der Waals surface area (Å²) in [5.41, 5.74) is 1.76. The van der Waals surface area contributed by atoms with Crippen molar-refractivity contribution in [1.82, 2.24) is 4.90 Å². The molecule has 4 rings (SSSR count). The van der Waals surface area contributed by atoms with Crippen LogP contribution in [-0.4, -0.2) is 37.0 Å². The normalized spacial score (nSPS) is 26.8. The zero-order chi connectivity index (χ0) is 14.9. The van der Waals surface area contributed by atoms with Crippen LogP contribution in [0.5, 0.6) is 0 Å². The van der Waals surface area contributed by atoms with Crippen molar-refractivity contribution in [3.8, 4) is 0 Å². The molecule has 0 aromatic heterocycles. The fraction of sp³-hybridized carbons (Fsp3) is 0.684. The predicted octanol–water partition coefficient (Wildman–Crippen LogP) is 4.26. The molecular formula is C19H28BrNO2. The van der Waals surface area contributed by atoms with E-state index in [2.05, 4.69) is 35.2 Å². The molecule has 0 N–H and O–H groups in total. The van der Waals surface area contributed by atoms with Gasteiger partial charge in [-0.05, 0) is 18.4 Å². The van der Waals surface area contributed by atoms with E-state index in [9.17, 15) is 0 Å². The lowest BCUT2D eigenvalue weighted by Gasteiger charge is -2.51. The second-order valence-corrected chi connectivity index (χ2v) is 7.05. The third-order valence-corrected chi connectivity index (χ3v) is 5.94. The van der Waals surface area contributed by atoms with E-state index in [1.807, 2.05) is 0 Å². The van der Waals surface area contributed by atoms with Crippen LogP contribution in [-0.2, 0) is 15.0 Å². The van der Waals surface area contributed by atoms with Crippen LogP contribution in [0.15, 0.2) is 30.3 Å². The average Bonchev–Trinajstić information content (AvgIpc) is 3.05. The molecule has 1 spiro atoms. The predicted molar refractivity (Wildman–Crippen MR) is 97.0 cm³/mol. The third-order valence-electron chi connectivity index (χ3n) is 5.94. The summed E-state index contributed by atoms with van der Waals surface area (Å²) in [6.07, 6.45) is 8.71. The van der Waals surface area contributed by atoms with Crippen LogP contribution in [0.1, 0.15) is 50.5 Å². The molecule has 0 amide bonds. The SMILES string of the molecule is Br.c1ccc(C2(N3CCC4(CC3)OCCO4)CCCCC2)cc1. The number of rotatable bonds is 2. The second kappa shape index (κ2) is 7.22. The molecule has 23 heavy (non-hydrogen) atoms. The molecule has 0 bridgehead atoms. The van der Waals surface area contributed by atoms with Crippen molar-refractivity contribution in [3.05, 3.63) is 35.9 Å². The zero-order valence-electron chi connectivity index (χ0n) is 13.8. The van der Waals surface area contributed by atoms with E-state index in [0.717, 1.165) is 39.1 Å². The van der Waals surface area contributed by atoms with Crippen molar-refractivity contribution in [1.29, 1.82) is 0 Å². The van der Waals surface area contributed by atoms with Crippen LogP contribution >= 0.6 is 17.0 Å². The van der Waals surface area contributed by atoms with Crippen molar-refractivity contribution in [2.24, 2.45) is 0 Å². The van der Waals surface area contributed by atoms with Crippen LogP contribution in [0.2, 0.25) is 0 Å². The summed E-state index contributed by atoms with van der Waals surface area (Å²) in [5, 5.41) is 0. The van der Waals surface area contributed by atoms with Gasteiger partial charge in [0.15, 0.2) is 5.79 Å². The topological polar surface area (TPSA) is 21.7 Å². The van der Waals surface area contributed by atoms with Crippen molar-refractivity contribution in [2.75, 3.05) is 26.3 Å². The third kappa shape index (κ3) is 3.23. The van der Waals surface area contributed by atoms with Gasteiger partial charge in [0.05, 0.1) is 13.2 Å². The van der Waals surface area contributed by atoms with E-state index >= 15 is 0 Å². The largest absolute Gasteiger partial charge is 0.347 e. The molecular weight excluding hydrogens is 354 g/mol. The fourth-order valence-electron chi connectivity index (χ4n) is 4.73. The maximum atomic E-state index is 5.91. The number of benzene rings is 1. The first kappa shape index (κ1) is 17.4. The maximum absolute atomic E-state index is 5.91. The summed E-state index contributed by atoms with van der Waals surface area (Å²) in [6.45, 7) is 3.72. The number of halogens is 1. The first-order chi connectivity index (χ1) is 10.8. The highest BCUT2D eigenvalue weighted by Gasteiger charge is 2.46. The Morgan fingerprint density at radius 2 is 1.39 bits per heavy atom. The van der Waals surface area contributed by atoms with Crippen molar-refractivity contribution < 1.29 is 9.47 Å². The number of likely N-dealkylation sites (tertiary alicyclic amines) is 1.